The molecule has 96 valence electrons. The molecule has 1 rings (SSSR count). The fourth-order valence-electron chi connectivity index (χ4n) is 2.36. The minimum Gasteiger partial charge on any atom is -0.377 e. The Morgan fingerprint density at radius 1 is 1.00 bits per heavy atom. The summed E-state index contributed by atoms with van der Waals surface area (Å²) in [6, 6.07) is 0. The van der Waals surface area contributed by atoms with Crippen molar-refractivity contribution in [3.8, 4) is 0 Å². The Labute approximate surface area is 115 Å². The highest BCUT2D eigenvalue weighted by molar-refractivity contribution is 14.1. The Balaban J connectivity index is 1.90. The average molecular weight is 338 g/mol. The summed E-state index contributed by atoms with van der Waals surface area (Å²) in [7, 11) is 0. The summed E-state index contributed by atoms with van der Waals surface area (Å²) >= 11 is 2.57. The summed E-state index contributed by atoms with van der Waals surface area (Å²) < 4.78 is 6.76. The lowest BCUT2D eigenvalue weighted by molar-refractivity contribution is 0.0340. The second-order valence-corrected chi connectivity index (χ2v) is 6.58. The van der Waals surface area contributed by atoms with Gasteiger partial charge < -0.3 is 4.74 Å². The molecular formula is C14H27IO. The molecule has 1 aliphatic rings. The molecule has 2 atom stereocenters. The number of hydrogen-bond donors (Lipinski definition) is 0. The second kappa shape index (κ2) is 9.69. The van der Waals surface area contributed by atoms with E-state index in [1.165, 1.54) is 64.2 Å². The van der Waals surface area contributed by atoms with Gasteiger partial charge in [-0.1, -0.05) is 74.5 Å². The molecular weight excluding hydrogens is 311 g/mol. The Morgan fingerprint density at radius 2 is 1.69 bits per heavy atom. The van der Waals surface area contributed by atoms with Crippen LogP contribution in [0, 0.1) is 0 Å². The summed E-state index contributed by atoms with van der Waals surface area (Å²) in [5, 5.41) is 0. The van der Waals surface area contributed by atoms with Gasteiger partial charge in [-0.05, 0) is 19.3 Å². The average Bonchev–Trinajstić information content (AvgIpc) is 2.30. The largest absolute Gasteiger partial charge is 0.377 e. The van der Waals surface area contributed by atoms with Crippen molar-refractivity contribution in [1.82, 2.24) is 0 Å². The highest BCUT2D eigenvalue weighted by Gasteiger charge is 2.22. The molecule has 0 bridgehead atoms. The molecule has 0 aromatic rings. The zero-order valence-electron chi connectivity index (χ0n) is 10.7. The van der Waals surface area contributed by atoms with Gasteiger partial charge in [-0.2, -0.15) is 0 Å². The maximum Gasteiger partial charge on any atom is 0.0692 e. The summed E-state index contributed by atoms with van der Waals surface area (Å²) in [5.74, 6) is 0. The highest BCUT2D eigenvalue weighted by Crippen LogP contribution is 2.27. The van der Waals surface area contributed by atoms with E-state index in [4.69, 9.17) is 4.74 Å². The number of hydrogen-bond acceptors (Lipinski definition) is 1. The van der Waals surface area contributed by atoms with Crippen molar-refractivity contribution in [3.63, 3.8) is 0 Å². The van der Waals surface area contributed by atoms with Crippen LogP contribution in [0.3, 0.4) is 0 Å². The first-order chi connectivity index (χ1) is 7.84. The van der Waals surface area contributed by atoms with Crippen molar-refractivity contribution < 1.29 is 4.74 Å². The Morgan fingerprint density at radius 3 is 2.44 bits per heavy atom. The van der Waals surface area contributed by atoms with Crippen LogP contribution >= 0.6 is 22.6 Å². The summed E-state index contributed by atoms with van der Waals surface area (Å²) in [4.78, 5) is 0. The Hall–Kier alpha value is 0.690. The fourth-order valence-corrected chi connectivity index (χ4v) is 3.36. The van der Waals surface area contributed by atoms with Crippen molar-refractivity contribution >= 4 is 22.6 Å². The molecule has 0 amide bonds. The van der Waals surface area contributed by atoms with Crippen molar-refractivity contribution in [2.24, 2.45) is 0 Å². The van der Waals surface area contributed by atoms with Gasteiger partial charge in [0.25, 0.3) is 0 Å². The minimum absolute atomic E-state index is 0.560. The SMILES string of the molecule is CCCCCCCCOC1CCCCC1I. The van der Waals surface area contributed by atoms with Crippen LogP contribution in [0.2, 0.25) is 0 Å². The maximum atomic E-state index is 5.99. The van der Waals surface area contributed by atoms with E-state index in [1.54, 1.807) is 0 Å². The van der Waals surface area contributed by atoms with Gasteiger partial charge in [0.2, 0.25) is 0 Å². The van der Waals surface area contributed by atoms with Crippen LogP contribution in [-0.2, 0) is 4.74 Å². The fraction of sp³-hybridized carbons (Fsp3) is 1.00. The lowest BCUT2D eigenvalue weighted by atomic mass is 9.98. The molecule has 0 heterocycles. The number of rotatable bonds is 8. The third-order valence-electron chi connectivity index (χ3n) is 3.45. The predicted molar refractivity (Wildman–Crippen MR) is 79.4 cm³/mol. The van der Waals surface area contributed by atoms with E-state index in [0.717, 1.165) is 10.5 Å². The van der Waals surface area contributed by atoms with Crippen LogP contribution in [0.15, 0.2) is 0 Å². The Bertz CT molecular complexity index is 161. The topological polar surface area (TPSA) is 9.23 Å². The molecule has 1 nitrogen and oxygen atoms in total. The van der Waals surface area contributed by atoms with E-state index in [2.05, 4.69) is 29.5 Å². The van der Waals surface area contributed by atoms with Gasteiger partial charge in [-0.15, -0.1) is 0 Å². The summed E-state index contributed by atoms with van der Waals surface area (Å²) in [6.45, 7) is 3.27. The quantitative estimate of drug-likeness (QED) is 0.339. The monoisotopic (exact) mass is 338 g/mol. The third kappa shape index (κ3) is 6.43. The third-order valence-corrected chi connectivity index (χ3v) is 4.88. The van der Waals surface area contributed by atoms with Crippen LogP contribution in [0.4, 0.5) is 0 Å². The van der Waals surface area contributed by atoms with Gasteiger partial charge in [-0.25, -0.2) is 0 Å². The van der Waals surface area contributed by atoms with Gasteiger partial charge in [0, 0.05) is 10.5 Å². The second-order valence-electron chi connectivity index (χ2n) is 4.98. The first kappa shape index (κ1) is 14.7. The molecule has 0 N–H and O–H groups in total. The van der Waals surface area contributed by atoms with Crippen LogP contribution in [0.5, 0.6) is 0 Å². The zero-order valence-corrected chi connectivity index (χ0v) is 12.9. The lowest BCUT2D eigenvalue weighted by Gasteiger charge is -2.27. The molecule has 0 aromatic heterocycles. The van der Waals surface area contributed by atoms with E-state index >= 15 is 0 Å². The van der Waals surface area contributed by atoms with Crippen LogP contribution in [0.25, 0.3) is 0 Å². The minimum atomic E-state index is 0.560. The molecule has 1 fully saturated rings. The van der Waals surface area contributed by atoms with Gasteiger partial charge in [0.1, 0.15) is 0 Å². The van der Waals surface area contributed by atoms with Gasteiger partial charge in [0.15, 0.2) is 0 Å². The standard InChI is InChI=1S/C14H27IO/c1-2-3-4-5-6-9-12-16-14-11-8-7-10-13(14)15/h13-14H,2-12H2,1H3. The molecule has 0 aromatic carbocycles. The molecule has 16 heavy (non-hydrogen) atoms. The maximum absolute atomic E-state index is 5.99. The predicted octanol–water partition coefficient (Wildman–Crippen LogP) is 5.11. The summed E-state index contributed by atoms with van der Waals surface area (Å²) in [6.07, 6.45) is 14.2. The van der Waals surface area contributed by atoms with Gasteiger partial charge >= 0.3 is 0 Å². The van der Waals surface area contributed by atoms with E-state index in [9.17, 15) is 0 Å². The van der Waals surface area contributed by atoms with E-state index in [0.29, 0.717) is 6.10 Å². The first-order valence-corrected chi connectivity index (χ1v) is 8.35. The summed E-state index contributed by atoms with van der Waals surface area (Å²) in [5.41, 5.74) is 0. The molecule has 0 spiro atoms. The highest BCUT2D eigenvalue weighted by atomic mass is 127. The normalized spacial score (nSPS) is 25.9. The van der Waals surface area contributed by atoms with Crippen molar-refractivity contribution in [1.29, 1.82) is 0 Å². The van der Waals surface area contributed by atoms with Crippen molar-refractivity contribution in [2.75, 3.05) is 6.61 Å². The number of unbranched alkanes of at least 4 members (excludes halogenated alkanes) is 5. The van der Waals surface area contributed by atoms with E-state index in [-0.39, 0.29) is 0 Å². The van der Waals surface area contributed by atoms with E-state index < -0.39 is 0 Å². The molecule has 0 saturated heterocycles. The smallest absolute Gasteiger partial charge is 0.0692 e. The Kier molecular flexibility index (Phi) is 8.94. The number of halogens is 1. The van der Waals surface area contributed by atoms with Crippen LogP contribution < -0.4 is 0 Å². The van der Waals surface area contributed by atoms with Gasteiger partial charge in [0.05, 0.1) is 6.10 Å². The van der Waals surface area contributed by atoms with Crippen LogP contribution in [0.1, 0.15) is 71.1 Å². The van der Waals surface area contributed by atoms with Crippen LogP contribution in [-0.4, -0.2) is 16.6 Å². The molecule has 0 aliphatic heterocycles. The molecule has 0 radical (unpaired) electrons. The van der Waals surface area contributed by atoms with Gasteiger partial charge in [-0.3, -0.25) is 0 Å². The number of alkyl halides is 1. The molecule has 1 saturated carbocycles. The molecule has 2 unspecified atom stereocenters. The van der Waals surface area contributed by atoms with Crippen molar-refractivity contribution in [3.05, 3.63) is 0 Å². The lowest BCUT2D eigenvalue weighted by Crippen LogP contribution is -2.28. The molecule has 2 heteroatoms. The molecule has 1 aliphatic carbocycles. The number of ether oxygens (including phenoxy) is 1. The van der Waals surface area contributed by atoms with E-state index in [1.807, 2.05) is 0 Å². The zero-order chi connectivity index (χ0) is 11.6. The first-order valence-electron chi connectivity index (χ1n) is 7.10. The van der Waals surface area contributed by atoms with Crippen molar-refractivity contribution in [2.45, 2.75) is 81.2 Å².